The highest BCUT2D eigenvalue weighted by molar-refractivity contribution is 6.20. The molecule has 4 aliphatic rings. The van der Waals surface area contributed by atoms with E-state index < -0.39 is 0 Å². The van der Waals surface area contributed by atoms with Crippen LogP contribution in [0.2, 0.25) is 0 Å². The number of hydrogen-bond acceptors (Lipinski definition) is 3. The summed E-state index contributed by atoms with van der Waals surface area (Å²) in [6, 6.07) is 0. The molecule has 4 rings (SSSR count). The number of ketones is 2. The number of carbonyl (C=O) groups excluding carboxylic acids is 2. The number of rotatable bonds is 4. The number of allylic oxidation sites excluding steroid dienone is 7. The lowest BCUT2D eigenvalue weighted by Crippen LogP contribution is -2.55. The van der Waals surface area contributed by atoms with Crippen LogP contribution in [0.5, 0.6) is 0 Å². The standard InChI is InChI=1S/C28H36O3/c1-19(8-9-22-16-23(29)15-20(2)24(22)30)14-21-17-26(5)10-7-11-27(26,6)28(18-21)13-12-25(3,4)31-28/h8,12-13,15-17H,7,9-11,14,18H2,1-6H3. The van der Waals surface area contributed by atoms with E-state index in [9.17, 15) is 9.59 Å². The normalized spacial score (nSPS) is 37.1. The van der Waals surface area contributed by atoms with Crippen LogP contribution in [-0.4, -0.2) is 22.8 Å². The molecule has 0 saturated heterocycles. The van der Waals surface area contributed by atoms with Crippen LogP contribution in [0.1, 0.15) is 80.1 Å². The fourth-order valence-corrected chi connectivity index (χ4v) is 6.39. The molecule has 1 heterocycles. The Labute approximate surface area is 187 Å². The largest absolute Gasteiger partial charge is 0.360 e. The van der Waals surface area contributed by atoms with Gasteiger partial charge in [0.1, 0.15) is 0 Å². The van der Waals surface area contributed by atoms with E-state index in [-0.39, 0.29) is 33.6 Å². The van der Waals surface area contributed by atoms with Gasteiger partial charge in [0.15, 0.2) is 11.6 Å². The quantitative estimate of drug-likeness (QED) is 0.392. The zero-order valence-electron chi connectivity index (χ0n) is 19.9. The second-order valence-electron chi connectivity index (χ2n) is 11.2. The van der Waals surface area contributed by atoms with Crippen LogP contribution in [0.25, 0.3) is 0 Å². The first-order valence-corrected chi connectivity index (χ1v) is 11.6. The Morgan fingerprint density at radius 1 is 1.10 bits per heavy atom. The highest BCUT2D eigenvalue weighted by Gasteiger charge is 2.63. The van der Waals surface area contributed by atoms with Gasteiger partial charge in [0.2, 0.25) is 0 Å². The molecule has 3 aliphatic carbocycles. The van der Waals surface area contributed by atoms with Gasteiger partial charge in [-0.05, 0) is 70.9 Å². The summed E-state index contributed by atoms with van der Waals surface area (Å²) in [5.41, 5.74) is 3.55. The van der Waals surface area contributed by atoms with Crippen LogP contribution < -0.4 is 0 Å². The van der Waals surface area contributed by atoms with Crippen molar-refractivity contribution in [1.82, 2.24) is 0 Å². The Morgan fingerprint density at radius 3 is 2.52 bits per heavy atom. The van der Waals surface area contributed by atoms with E-state index in [1.165, 1.54) is 42.6 Å². The third-order valence-corrected chi connectivity index (χ3v) is 8.28. The van der Waals surface area contributed by atoms with Gasteiger partial charge in [-0.2, -0.15) is 0 Å². The first-order chi connectivity index (χ1) is 14.4. The van der Waals surface area contributed by atoms with E-state index in [2.05, 4.69) is 58.9 Å². The van der Waals surface area contributed by atoms with Gasteiger partial charge >= 0.3 is 0 Å². The Bertz CT molecular complexity index is 986. The lowest BCUT2D eigenvalue weighted by atomic mass is 9.53. The predicted octanol–water partition coefficient (Wildman–Crippen LogP) is 6.37. The highest BCUT2D eigenvalue weighted by atomic mass is 16.5. The van der Waals surface area contributed by atoms with Gasteiger partial charge in [0.05, 0.1) is 11.2 Å². The molecule has 1 saturated carbocycles. The van der Waals surface area contributed by atoms with E-state index in [1.54, 1.807) is 6.92 Å². The van der Waals surface area contributed by atoms with Crippen molar-refractivity contribution in [2.45, 2.75) is 91.3 Å². The van der Waals surface area contributed by atoms with Crippen LogP contribution in [0.15, 0.2) is 58.7 Å². The second-order valence-corrected chi connectivity index (χ2v) is 11.2. The summed E-state index contributed by atoms with van der Waals surface area (Å²) in [5.74, 6) is -0.100. The molecule has 1 fully saturated rings. The third kappa shape index (κ3) is 3.65. The monoisotopic (exact) mass is 420 g/mol. The van der Waals surface area contributed by atoms with Crippen molar-refractivity contribution in [2.75, 3.05) is 0 Å². The highest BCUT2D eigenvalue weighted by Crippen LogP contribution is 2.66. The Balaban J connectivity index is 1.56. The minimum absolute atomic E-state index is 0.0135. The van der Waals surface area contributed by atoms with Gasteiger partial charge in [-0.3, -0.25) is 9.59 Å². The topological polar surface area (TPSA) is 43.4 Å². The van der Waals surface area contributed by atoms with Gasteiger partial charge in [0.25, 0.3) is 0 Å². The van der Waals surface area contributed by atoms with Crippen molar-refractivity contribution in [3.8, 4) is 0 Å². The molecule has 3 heteroatoms. The molecule has 0 radical (unpaired) electrons. The van der Waals surface area contributed by atoms with Gasteiger partial charge in [0, 0.05) is 23.0 Å². The molecule has 3 nitrogen and oxygen atoms in total. The van der Waals surface area contributed by atoms with Crippen molar-refractivity contribution >= 4 is 11.6 Å². The predicted molar refractivity (Wildman–Crippen MR) is 125 cm³/mol. The summed E-state index contributed by atoms with van der Waals surface area (Å²) >= 11 is 0. The third-order valence-electron chi connectivity index (χ3n) is 8.28. The van der Waals surface area contributed by atoms with Crippen molar-refractivity contribution in [3.63, 3.8) is 0 Å². The molecular formula is C28H36O3. The van der Waals surface area contributed by atoms with Crippen LogP contribution >= 0.6 is 0 Å². The van der Waals surface area contributed by atoms with E-state index in [1.807, 2.05) is 0 Å². The number of ether oxygens (including phenoxy) is 1. The van der Waals surface area contributed by atoms with E-state index >= 15 is 0 Å². The van der Waals surface area contributed by atoms with Crippen molar-refractivity contribution < 1.29 is 14.3 Å². The van der Waals surface area contributed by atoms with E-state index in [0.29, 0.717) is 17.6 Å². The maximum absolute atomic E-state index is 12.4. The minimum Gasteiger partial charge on any atom is -0.360 e. The van der Waals surface area contributed by atoms with Crippen LogP contribution in [-0.2, 0) is 14.3 Å². The fraction of sp³-hybridized carbons (Fsp3) is 0.571. The second kappa shape index (κ2) is 7.27. The summed E-state index contributed by atoms with van der Waals surface area (Å²) in [6.45, 7) is 13.0. The fourth-order valence-electron chi connectivity index (χ4n) is 6.39. The molecule has 1 aliphatic heterocycles. The SMILES string of the molecule is CC(=CCC1=CC(=O)C=C(C)C1=O)CC1=CC2(C)CCCC2(C)C2(C=CC(C)(C)O2)C1. The summed E-state index contributed by atoms with van der Waals surface area (Å²) in [7, 11) is 0. The Kier molecular flexibility index (Phi) is 5.20. The van der Waals surface area contributed by atoms with Gasteiger partial charge in [-0.1, -0.05) is 55.7 Å². The van der Waals surface area contributed by atoms with Crippen LogP contribution in [0.3, 0.4) is 0 Å². The van der Waals surface area contributed by atoms with Gasteiger partial charge in [-0.15, -0.1) is 0 Å². The molecule has 0 aromatic carbocycles. The first kappa shape index (κ1) is 22.2. The zero-order chi connectivity index (χ0) is 22.7. The van der Waals surface area contributed by atoms with Crippen molar-refractivity contribution in [1.29, 1.82) is 0 Å². The molecule has 0 aromatic rings. The molecular weight excluding hydrogens is 384 g/mol. The average molecular weight is 421 g/mol. The minimum atomic E-state index is -0.248. The number of fused-ring (bicyclic) bond motifs is 2. The molecule has 0 aromatic heterocycles. The number of hydrogen-bond donors (Lipinski definition) is 0. The Hall–Kier alpha value is -2.00. The van der Waals surface area contributed by atoms with Crippen LogP contribution in [0.4, 0.5) is 0 Å². The van der Waals surface area contributed by atoms with Crippen molar-refractivity contribution in [3.05, 3.63) is 58.7 Å². The molecule has 0 bridgehead atoms. The lowest BCUT2D eigenvalue weighted by molar-refractivity contribution is -0.163. The Morgan fingerprint density at radius 2 is 1.84 bits per heavy atom. The van der Waals surface area contributed by atoms with E-state index in [0.717, 1.165) is 12.8 Å². The smallest absolute Gasteiger partial charge is 0.185 e. The van der Waals surface area contributed by atoms with Crippen molar-refractivity contribution in [2.24, 2.45) is 10.8 Å². The van der Waals surface area contributed by atoms with Gasteiger partial charge in [-0.25, -0.2) is 0 Å². The molecule has 0 amide bonds. The molecule has 31 heavy (non-hydrogen) atoms. The molecule has 3 atom stereocenters. The number of Topliss-reactive ketones (excluding diaryl/α,β-unsaturated/α-hetero) is 1. The number of carbonyl (C=O) groups is 2. The summed E-state index contributed by atoms with van der Waals surface area (Å²) in [5, 5.41) is 0. The van der Waals surface area contributed by atoms with Crippen LogP contribution in [0, 0.1) is 10.8 Å². The average Bonchev–Trinajstić information content (AvgIpc) is 3.14. The van der Waals surface area contributed by atoms with E-state index in [4.69, 9.17) is 4.74 Å². The lowest BCUT2D eigenvalue weighted by Gasteiger charge is -2.55. The molecule has 0 N–H and O–H groups in total. The first-order valence-electron chi connectivity index (χ1n) is 11.6. The maximum atomic E-state index is 12.4. The summed E-state index contributed by atoms with van der Waals surface area (Å²) < 4.78 is 6.80. The maximum Gasteiger partial charge on any atom is 0.185 e. The zero-order valence-corrected chi connectivity index (χ0v) is 19.9. The summed E-state index contributed by atoms with van der Waals surface area (Å²) in [6.07, 6.45) is 18.1. The molecule has 3 unspecified atom stereocenters. The van der Waals surface area contributed by atoms with Gasteiger partial charge < -0.3 is 4.74 Å². The molecule has 166 valence electrons. The molecule has 1 spiro atoms. The summed E-state index contributed by atoms with van der Waals surface area (Å²) in [4.78, 5) is 24.2.